The largest absolute Gasteiger partial charge is 0.353 e. The highest BCUT2D eigenvalue weighted by atomic mass is 16.1. The van der Waals surface area contributed by atoms with Crippen molar-refractivity contribution in [2.24, 2.45) is 5.92 Å². The first kappa shape index (κ1) is 7.58. The third kappa shape index (κ3) is 1.49. The van der Waals surface area contributed by atoms with Gasteiger partial charge in [0.05, 0.1) is 0 Å². The van der Waals surface area contributed by atoms with Crippen LogP contribution in [0.4, 0.5) is 0 Å². The van der Waals surface area contributed by atoms with Crippen LogP contribution in [0.2, 0.25) is 0 Å². The van der Waals surface area contributed by atoms with E-state index in [0.29, 0.717) is 12.0 Å². The lowest BCUT2D eigenvalue weighted by molar-refractivity contribution is -0.119. The summed E-state index contributed by atoms with van der Waals surface area (Å²) in [6, 6.07) is 0.456. The zero-order valence-corrected chi connectivity index (χ0v) is 6.68. The molecule has 10 heavy (non-hydrogen) atoms. The first-order valence-corrected chi connectivity index (χ1v) is 4.03. The van der Waals surface area contributed by atoms with Gasteiger partial charge in [0, 0.05) is 12.5 Å². The van der Waals surface area contributed by atoms with Gasteiger partial charge in [0.15, 0.2) is 0 Å². The SMILES string of the molecule is CCC[C@@H]1NC(=O)C[C@H]1C. The van der Waals surface area contributed by atoms with Gasteiger partial charge in [-0.2, -0.15) is 0 Å². The fourth-order valence-corrected chi connectivity index (χ4v) is 1.51. The van der Waals surface area contributed by atoms with Crippen LogP contribution < -0.4 is 5.32 Å². The van der Waals surface area contributed by atoms with E-state index in [-0.39, 0.29) is 5.91 Å². The summed E-state index contributed by atoms with van der Waals surface area (Å²) >= 11 is 0. The Morgan fingerprint density at radius 2 is 2.40 bits per heavy atom. The summed E-state index contributed by atoms with van der Waals surface area (Å²) in [5.41, 5.74) is 0. The Bertz CT molecular complexity index is 133. The fraction of sp³-hybridized carbons (Fsp3) is 0.875. The van der Waals surface area contributed by atoms with Gasteiger partial charge in [0.2, 0.25) is 5.91 Å². The molecule has 1 saturated heterocycles. The molecule has 0 aromatic heterocycles. The summed E-state index contributed by atoms with van der Waals surface area (Å²) in [6.45, 7) is 4.29. The molecule has 0 aliphatic carbocycles. The average Bonchev–Trinajstić information content (AvgIpc) is 2.13. The predicted octanol–water partition coefficient (Wildman–Crippen LogP) is 1.31. The van der Waals surface area contributed by atoms with Crippen molar-refractivity contribution in [3.05, 3.63) is 0 Å². The quantitative estimate of drug-likeness (QED) is 0.617. The zero-order chi connectivity index (χ0) is 7.56. The summed E-state index contributed by atoms with van der Waals surface area (Å²) < 4.78 is 0. The molecule has 0 aromatic rings. The minimum atomic E-state index is 0.228. The minimum absolute atomic E-state index is 0.228. The van der Waals surface area contributed by atoms with E-state index < -0.39 is 0 Å². The van der Waals surface area contributed by atoms with Gasteiger partial charge in [-0.1, -0.05) is 20.3 Å². The first-order valence-electron chi connectivity index (χ1n) is 4.03. The maximum Gasteiger partial charge on any atom is 0.220 e. The first-order chi connectivity index (χ1) is 4.74. The number of amides is 1. The Kier molecular flexibility index (Phi) is 2.30. The summed E-state index contributed by atoms with van der Waals surface area (Å²) in [5.74, 6) is 0.776. The van der Waals surface area contributed by atoms with E-state index >= 15 is 0 Å². The Hall–Kier alpha value is -0.530. The second-order valence-corrected chi connectivity index (χ2v) is 3.14. The molecule has 0 saturated carbocycles. The van der Waals surface area contributed by atoms with Gasteiger partial charge >= 0.3 is 0 Å². The van der Waals surface area contributed by atoms with Crippen LogP contribution in [0.3, 0.4) is 0 Å². The molecule has 0 spiro atoms. The highest BCUT2D eigenvalue weighted by Crippen LogP contribution is 2.18. The third-order valence-corrected chi connectivity index (χ3v) is 2.14. The molecule has 1 fully saturated rings. The number of hydrogen-bond acceptors (Lipinski definition) is 1. The summed E-state index contributed by atoms with van der Waals surface area (Å²) in [6.07, 6.45) is 3.02. The van der Waals surface area contributed by atoms with Crippen LogP contribution in [0.5, 0.6) is 0 Å². The van der Waals surface area contributed by atoms with Crippen molar-refractivity contribution >= 4 is 5.91 Å². The molecule has 0 aromatic carbocycles. The van der Waals surface area contributed by atoms with Gasteiger partial charge in [-0.25, -0.2) is 0 Å². The Morgan fingerprint density at radius 1 is 1.70 bits per heavy atom. The monoisotopic (exact) mass is 141 g/mol. The molecule has 2 heteroatoms. The van der Waals surface area contributed by atoms with E-state index in [4.69, 9.17) is 0 Å². The van der Waals surface area contributed by atoms with E-state index in [1.165, 1.54) is 0 Å². The molecule has 1 amide bonds. The van der Waals surface area contributed by atoms with E-state index in [1.807, 2.05) is 0 Å². The lowest BCUT2D eigenvalue weighted by Crippen LogP contribution is -2.27. The van der Waals surface area contributed by atoms with Gasteiger partial charge in [0.1, 0.15) is 0 Å². The van der Waals surface area contributed by atoms with Crippen LogP contribution in [-0.2, 0) is 4.79 Å². The number of carbonyl (C=O) groups is 1. The number of nitrogens with one attached hydrogen (secondary N) is 1. The standard InChI is InChI=1S/C8H15NO/c1-3-4-7-6(2)5-8(10)9-7/h6-7H,3-5H2,1-2H3,(H,9,10)/t6-,7+/m1/s1. The van der Waals surface area contributed by atoms with Crippen molar-refractivity contribution in [3.8, 4) is 0 Å². The molecular formula is C8H15NO. The molecule has 1 N–H and O–H groups in total. The van der Waals surface area contributed by atoms with Gasteiger partial charge in [0.25, 0.3) is 0 Å². The second kappa shape index (κ2) is 3.04. The molecule has 1 rings (SSSR count). The highest BCUT2D eigenvalue weighted by molar-refractivity contribution is 5.78. The Labute approximate surface area is 62.0 Å². The van der Waals surface area contributed by atoms with E-state index in [2.05, 4.69) is 19.2 Å². The van der Waals surface area contributed by atoms with Crippen LogP contribution in [0.1, 0.15) is 33.1 Å². The number of hydrogen-bond donors (Lipinski definition) is 1. The Morgan fingerprint density at radius 3 is 2.80 bits per heavy atom. The van der Waals surface area contributed by atoms with Crippen molar-refractivity contribution in [1.29, 1.82) is 0 Å². The molecule has 0 radical (unpaired) electrons. The maximum atomic E-state index is 10.8. The van der Waals surface area contributed by atoms with Gasteiger partial charge in [-0.3, -0.25) is 4.79 Å². The van der Waals surface area contributed by atoms with Crippen LogP contribution in [-0.4, -0.2) is 11.9 Å². The van der Waals surface area contributed by atoms with Crippen LogP contribution in [0.25, 0.3) is 0 Å². The molecular weight excluding hydrogens is 126 g/mol. The summed E-state index contributed by atoms with van der Waals surface area (Å²) in [5, 5.41) is 2.97. The zero-order valence-electron chi connectivity index (χ0n) is 6.68. The van der Waals surface area contributed by atoms with Gasteiger partial charge < -0.3 is 5.32 Å². The van der Waals surface area contributed by atoms with Crippen LogP contribution in [0.15, 0.2) is 0 Å². The summed E-state index contributed by atoms with van der Waals surface area (Å²) in [4.78, 5) is 10.8. The van der Waals surface area contributed by atoms with E-state index in [0.717, 1.165) is 19.3 Å². The van der Waals surface area contributed by atoms with E-state index in [1.54, 1.807) is 0 Å². The molecule has 1 aliphatic heterocycles. The molecule has 0 bridgehead atoms. The second-order valence-electron chi connectivity index (χ2n) is 3.14. The number of rotatable bonds is 2. The summed E-state index contributed by atoms with van der Waals surface area (Å²) in [7, 11) is 0. The average molecular weight is 141 g/mol. The maximum absolute atomic E-state index is 10.8. The van der Waals surface area contributed by atoms with Crippen molar-refractivity contribution in [1.82, 2.24) is 5.32 Å². The van der Waals surface area contributed by atoms with Crippen LogP contribution in [0, 0.1) is 5.92 Å². The minimum Gasteiger partial charge on any atom is -0.353 e. The van der Waals surface area contributed by atoms with Crippen molar-refractivity contribution in [2.45, 2.75) is 39.2 Å². The Balaban J connectivity index is 2.38. The van der Waals surface area contributed by atoms with Crippen molar-refractivity contribution in [3.63, 3.8) is 0 Å². The molecule has 0 unspecified atom stereocenters. The van der Waals surface area contributed by atoms with Crippen molar-refractivity contribution < 1.29 is 4.79 Å². The van der Waals surface area contributed by atoms with Crippen LogP contribution >= 0.6 is 0 Å². The molecule has 1 aliphatic rings. The fourth-order valence-electron chi connectivity index (χ4n) is 1.51. The molecule has 2 nitrogen and oxygen atoms in total. The van der Waals surface area contributed by atoms with Gasteiger partial charge in [-0.05, 0) is 12.3 Å². The smallest absolute Gasteiger partial charge is 0.220 e. The lowest BCUT2D eigenvalue weighted by Gasteiger charge is -2.12. The predicted molar refractivity (Wildman–Crippen MR) is 40.6 cm³/mol. The van der Waals surface area contributed by atoms with E-state index in [9.17, 15) is 4.79 Å². The lowest BCUT2D eigenvalue weighted by atomic mass is 9.99. The highest BCUT2D eigenvalue weighted by Gasteiger charge is 2.27. The number of carbonyl (C=O) groups excluding carboxylic acids is 1. The third-order valence-electron chi connectivity index (χ3n) is 2.14. The molecule has 58 valence electrons. The molecule has 1 heterocycles. The van der Waals surface area contributed by atoms with Gasteiger partial charge in [-0.15, -0.1) is 0 Å². The molecule has 2 atom stereocenters. The van der Waals surface area contributed by atoms with Crippen molar-refractivity contribution in [2.75, 3.05) is 0 Å². The topological polar surface area (TPSA) is 29.1 Å². The normalized spacial score (nSPS) is 32.4.